The first-order chi connectivity index (χ1) is 12.6. The Hall–Kier alpha value is -1.14. The van der Waals surface area contributed by atoms with E-state index in [2.05, 4.69) is 29.3 Å². The fraction of sp³-hybridized carbons (Fsp3) is 0.667. The van der Waals surface area contributed by atoms with E-state index in [0.717, 1.165) is 19.5 Å². The third-order valence-electron chi connectivity index (χ3n) is 5.82. The summed E-state index contributed by atoms with van der Waals surface area (Å²) >= 11 is 0. The molecule has 3 N–H and O–H groups in total. The molecule has 4 atom stereocenters. The fourth-order valence-corrected chi connectivity index (χ4v) is 4.29. The van der Waals surface area contributed by atoms with Gasteiger partial charge in [0.15, 0.2) is 0 Å². The number of halogens is 1. The third kappa shape index (κ3) is 6.46. The molecule has 1 heterocycles. The van der Waals surface area contributed by atoms with E-state index < -0.39 is 0 Å². The molecule has 1 amide bonds. The molecule has 0 bridgehead atoms. The average Bonchev–Trinajstić information content (AvgIpc) is 3.01. The Bertz CT molecular complexity index is 572. The van der Waals surface area contributed by atoms with Gasteiger partial charge >= 0.3 is 0 Å². The van der Waals surface area contributed by atoms with Crippen LogP contribution in [0.4, 0.5) is 0 Å². The minimum atomic E-state index is 0. The van der Waals surface area contributed by atoms with Gasteiger partial charge < -0.3 is 15.8 Å². The largest absolute Gasteiger partial charge is 0.376 e. The minimum Gasteiger partial charge on any atom is -0.376 e. The van der Waals surface area contributed by atoms with Gasteiger partial charge in [0, 0.05) is 31.6 Å². The molecule has 2 unspecified atom stereocenters. The smallest absolute Gasteiger partial charge is 0.234 e. The normalized spacial score (nSPS) is 28.5. The van der Waals surface area contributed by atoms with Crippen LogP contribution in [0.5, 0.6) is 0 Å². The van der Waals surface area contributed by atoms with Crippen LogP contribution in [0.25, 0.3) is 0 Å². The predicted molar refractivity (Wildman–Crippen MR) is 111 cm³/mol. The molecule has 1 aromatic carbocycles. The zero-order valence-corrected chi connectivity index (χ0v) is 17.1. The number of hydrogen-bond donors (Lipinski definition) is 2. The van der Waals surface area contributed by atoms with Gasteiger partial charge in [-0.2, -0.15) is 0 Å². The first kappa shape index (κ1) is 22.2. The Morgan fingerprint density at radius 3 is 2.70 bits per heavy atom. The van der Waals surface area contributed by atoms with Crippen molar-refractivity contribution in [3.8, 4) is 0 Å². The number of ether oxygens (including phenoxy) is 1. The number of rotatable bonds is 7. The molecule has 6 heteroatoms. The van der Waals surface area contributed by atoms with Crippen molar-refractivity contribution in [2.24, 2.45) is 11.7 Å². The van der Waals surface area contributed by atoms with E-state index in [1.54, 1.807) is 0 Å². The number of benzene rings is 1. The van der Waals surface area contributed by atoms with E-state index in [9.17, 15) is 4.79 Å². The molecular weight excluding hydrogens is 362 g/mol. The van der Waals surface area contributed by atoms with Crippen LogP contribution >= 0.6 is 12.4 Å². The van der Waals surface area contributed by atoms with Crippen molar-refractivity contribution in [2.45, 2.75) is 50.7 Å². The van der Waals surface area contributed by atoms with Crippen LogP contribution in [0.3, 0.4) is 0 Å². The molecule has 5 nitrogen and oxygen atoms in total. The molecule has 3 rings (SSSR count). The number of nitrogens with one attached hydrogen (secondary N) is 1. The first-order valence-corrected chi connectivity index (χ1v) is 10.0. The maximum absolute atomic E-state index is 12.2. The van der Waals surface area contributed by atoms with E-state index in [1.165, 1.54) is 24.8 Å². The second-order valence-electron chi connectivity index (χ2n) is 7.90. The van der Waals surface area contributed by atoms with Crippen molar-refractivity contribution in [2.75, 3.05) is 32.8 Å². The standard InChI is InChI=1S/C21H33N3O2.ClH/c1-16-7-5-6-10-20(16)26-12-11-23-21(25)15-24-13-18(19(22)14-24)17-8-3-2-4-9-17;/h2-4,8-9,16,18-20H,5-7,10-15,22H2,1H3,(H,23,25);1H/t16?,18-,19+,20?;/m0./s1. The van der Waals surface area contributed by atoms with Crippen LogP contribution in [0.15, 0.2) is 30.3 Å². The van der Waals surface area contributed by atoms with E-state index >= 15 is 0 Å². The van der Waals surface area contributed by atoms with Crippen molar-refractivity contribution in [1.29, 1.82) is 0 Å². The van der Waals surface area contributed by atoms with Crippen molar-refractivity contribution in [1.82, 2.24) is 10.2 Å². The summed E-state index contributed by atoms with van der Waals surface area (Å²) in [6, 6.07) is 10.4. The van der Waals surface area contributed by atoms with Gasteiger partial charge in [0.1, 0.15) is 0 Å². The lowest BCUT2D eigenvalue weighted by Crippen LogP contribution is -2.39. The Morgan fingerprint density at radius 1 is 1.22 bits per heavy atom. The maximum Gasteiger partial charge on any atom is 0.234 e. The second-order valence-corrected chi connectivity index (χ2v) is 7.90. The molecule has 1 saturated heterocycles. The average molecular weight is 396 g/mol. The van der Waals surface area contributed by atoms with Gasteiger partial charge in [-0.3, -0.25) is 9.69 Å². The number of likely N-dealkylation sites (tertiary alicyclic amines) is 1. The number of carbonyl (C=O) groups excluding carboxylic acids is 1. The molecule has 27 heavy (non-hydrogen) atoms. The Balaban J connectivity index is 0.00000261. The predicted octanol–water partition coefficient (Wildman–Crippen LogP) is 2.55. The van der Waals surface area contributed by atoms with Crippen molar-refractivity contribution in [3.63, 3.8) is 0 Å². The van der Waals surface area contributed by atoms with Crippen molar-refractivity contribution < 1.29 is 9.53 Å². The van der Waals surface area contributed by atoms with E-state index in [-0.39, 0.29) is 24.4 Å². The highest BCUT2D eigenvalue weighted by Gasteiger charge is 2.31. The number of nitrogens with zero attached hydrogens (tertiary/aromatic N) is 1. The first-order valence-electron chi connectivity index (χ1n) is 10.0. The molecule has 1 saturated carbocycles. The molecule has 2 fully saturated rings. The van der Waals surface area contributed by atoms with Gasteiger partial charge in [0.05, 0.1) is 19.3 Å². The lowest BCUT2D eigenvalue weighted by atomic mass is 9.88. The Labute approximate surface area is 169 Å². The summed E-state index contributed by atoms with van der Waals surface area (Å²) in [4.78, 5) is 14.4. The van der Waals surface area contributed by atoms with Gasteiger partial charge in [-0.25, -0.2) is 0 Å². The fourth-order valence-electron chi connectivity index (χ4n) is 4.29. The topological polar surface area (TPSA) is 67.6 Å². The van der Waals surface area contributed by atoms with Gasteiger partial charge in [0.2, 0.25) is 5.91 Å². The summed E-state index contributed by atoms with van der Waals surface area (Å²) in [6.07, 6.45) is 5.36. The Morgan fingerprint density at radius 2 is 1.96 bits per heavy atom. The molecule has 2 aliphatic rings. The van der Waals surface area contributed by atoms with E-state index in [0.29, 0.717) is 37.6 Å². The van der Waals surface area contributed by atoms with Crippen LogP contribution in [-0.2, 0) is 9.53 Å². The van der Waals surface area contributed by atoms with Crippen LogP contribution in [-0.4, -0.2) is 55.7 Å². The zero-order valence-electron chi connectivity index (χ0n) is 16.3. The van der Waals surface area contributed by atoms with Gasteiger partial charge in [-0.1, -0.05) is 50.1 Å². The summed E-state index contributed by atoms with van der Waals surface area (Å²) in [7, 11) is 0. The monoisotopic (exact) mass is 395 g/mol. The summed E-state index contributed by atoms with van der Waals surface area (Å²) in [6.45, 7) is 5.48. The molecule has 0 aromatic heterocycles. The minimum absolute atomic E-state index is 0. The maximum atomic E-state index is 12.2. The van der Waals surface area contributed by atoms with Gasteiger partial charge in [-0.15, -0.1) is 12.4 Å². The molecule has 1 aliphatic carbocycles. The third-order valence-corrected chi connectivity index (χ3v) is 5.82. The molecule has 1 aromatic rings. The summed E-state index contributed by atoms with van der Waals surface area (Å²) in [5.74, 6) is 1.01. The lowest BCUT2D eigenvalue weighted by molar-refractivity contribution is -0.122. The second kappa shape index (κ2) is 11.0. The van der Waals surface area contributed by atoms with Crippen LogP contribution < -0.4 is 11.1 Å². The van der Waals surface area contributed by atoms with E-state index in [4.69, 9.17) is 10.5 Å². The highest BCUT2D eigenvalue weighted by atomic mass is 35.5. The zero-order chi connectivity index (χ0) is 18.4. The SMILES string of the molecule is CC1CCCCC1OCCNC(=O)CN1C[C@@H](N)[C@H](c2ccccc2)C1.Cl. The number of nitrogens with two attached hydrogens (primary N) is 1. The van der Waals surface area contributed by atoms with Crippen LogP contribution in [0, 0.1) is 5.92 Å². The molecule has 0 spiro atoms. The van der Waals surface area contributed by atoms with Crippen LogP contribution in [0.1, 0.15) is 44.1 Å². The summed E-state index contributed by atoms with van der Waals surface area (Å²) < 4.78 is 5.96. The van der Waals surface area contributed by atoms with Crippen molar-refractivity contribution >= 4 is 18.3 Å². The van der Waals surface area contributed by atoms with Gasteiger partial charge in [0.25, 0.3) is 0 Å². The Kier molecular flexibility index (Phi) is 9.03. The lowest BCUT2D eigenvalue weighted by Gasteiger charge is -2.28. The van der Waals surface area contributed by atoms with Gasteiger partial charge in [-0.05, 0) is 24.3 Å². The molecular formula is C21H34ClN3O2. The number of carbonyl (C=O) groups is 1. The van der Waals surface area contributed by atoms with Crippen molar-refractivity contribution in [3.05, 3.63) is 35.9 Å². The van der Waals surface area contributed by atoms with Crippen LogP contribution in [0.2, 0.25) is 0 Å². The number of hydrogen-bond acceptors (Lipinski definition) is 4. The highest BCUT2D eigenvalue weighted by Crippen LogP contribution is 2.26. The quantitative estimate of drug-likeness (QED) is 0.696. The highest BCUT2D eigenvalue weighted by molar-refractivity contribution is 5.85. The molecule has 0 radical (unpaired) electrons. The number of amides is 1. The molecule has 1 aliphatic heterocycles. The van der Waals surface area contributed by atoms with E-state index in [1.807, 2.05) is 18.2 Å². The molecule has 152 valence electrons. The summed E-state index contributed by atoms with van der Waals surface area (Å²) in [5.41, 5.74) is 7.56. The summed E-state index contributed by atoms with van der Waals surface area (Å²) in [5, 5.41) is 2.99.